The number of rotatable bonds is 41. The zero-order valence-corrected chi connectivity index (χ0v) is 41.2. The second-order valence-corrected chi connectivity index (χ2v) is 19.0. The molecule has 9 N–H and O–H groups in total. The quantitative estimate of drug-likeness (QED) is 0.0216. The minimum atomic E-state index is -1.79. The average Bonchev–Trinajstić information content (AvgIpc) is 3.31. The maximum atomic E-state index is 13.2. The molecule has 2 rings (SSSR count). The number of aliphatic hydroxyl groups is 8. The number of unbranched alkanes of at least 4 members (excludes halogenated alkanes) is 26. The molecule has 2 saturated heterocycles. The largest absolute Gasteiger partial charge is 0.394 e. The molecule has 14 nitrogen and oxygen atoms in total. The van der Waals surface area contributed by atoms with Gasteiger partial charge in [0.2, 0.25) is 5.91 Å². The molecule has 0 radical (unpaired) electrons. The minimum absolute atomic E-state index is 0.242. The van der Waals surface area contributed by atoms with Crippen LogP contribution in [0.1, 0.15) is 206 Å². The van der Waals surface area contributed by atoms with Crippen LogP contribution in [0.15, 0.2) is 24.3 Å². The van der Waals surface area contributed by atoms with Crippen LogP contribution in [0.4, 0.5) is 0 Å². The van der Waals surface area contributed by atoms with E-state index in [1.807, 2.05) is 6.08 Å². The summed E-state index contributed by atoms with van der Waals surface area (Å²) in [6.07, 6.45) is 26.5. The molecule has 0 aromatic carbocycles. The van der Waals surface area contributed by atoms with Crippen LogP contribution in [-0.2, 0) is 23.7 Å². The number of amides is 1. The standard InChI is InChI=1S/C52H97NO13/c1-3-5-7-9-11-13-15-16-17-18-19-20-21-22-23-24-26-28-30-32-34-36-44(57)53-40(41(56)35-33-31-29-27-25-14-12-10-8-6-4-2)39-63-51-49(62)47(60)50(43(38-55)65-51)66-52-48(61)46(59)45(58)42(37-54)64-52/h18-19,33,35,40-43,45-52,54-56,58-62H,3-17,20-32,34,36-39H2,1-2H3,(H,53,57)/b19-18-,35-33+. The Labute approximate surface area is 398 Å². The summed E-state index contributed by atoms with van der Waals surface area (Å²) < 4.78 is 22.7. The van der Waals surface area contributed by atoms with Crippen LogP contribution < -0.4 is 5.32 Å². The third-order valence-corrected chi connectivity index (χ3v) is 13.1. The highest BCUT2D eigenvalue weighted by atomic mass is 16.7. The van der Waals surface area contributed by atoms with E-state index >= 15 is 0 Å². The van der Waals surface area contributed by atoms with Gasteiger partial charge in [-0.2, -0.15) is 0 Å². The number of hydrogen-bond acceptors (Lipinski definition) is 13. The van der Waals surface area contributed by atoms with Crippen molar-refractivity contribution in [3.63, 3.8) is 0 Å². The van der Waals surface area contributed by atoms with Crippen molar-refractivity contribution in [1.82, 2.24) is 5.32 Å². The normalized spacial score (nSPS) is 26.9. The predicted molar refractivity (Wildman–Crippen MR) is 258 cm³/mol. The van der Waals surface area contributed by atoms with E-state index in [-0.39, 0.29) is 18.9 Å². The van der Waals surface area contributed by atoms with Crippen molar-refractivity contribution >= 4 is 5.91 Å². The first-order valence-electron chi connectivity index (χ1n) is 26.6. The van der Waals surface area contributed by atoms with Crippen LogP contribution >= 0.6 is 0 Å². The Morgan fingerprint density at radius 2 is 0.955 bits per heavy atom. The van der Waals surface area contributed by atoms with Crippen molar-refractivity contribution < 1.29 is 64.6 Å². The van der Waals surface area contributed by atoms with Gasteiger partial charge in [-0.05, 0) is 44.9 Å². The molecular formula is C52H97NO13. The van der Waals surface area contributed by atoms with Gasteiger partial charge in [0.05, 0.1) is 32.0 Å². The molecule has 12 atom stereocenters. The Hall–Kier alpha value is -1.53. The van der Waals surface area contributed by atoms with E-state index in [2.05, 4.69) is 31.3 Å². The first-order chi connectivity index (χ1) is 32.1. The summed E-state index contributed by atoms with van der Waals surface area (Å²) in [5.74, 6) is -0.242. The van der Waals surface area contributed by atoms with Gasteiger partial charge in [-0.3, -0.25) is 4.79 Å². The summed E-state index contributed by atoms with van der Waals surface area (Å²) in [6, 6.07) is -0.911. The molecule has 66 heavy (non-hydrogen) atoms. The Bertz CT molecular complexity index is 1210. The molecular weight excluding hydrogens is 847 g/mol. The van der Waals surface area contributed by atoms with E-state index in [4.69, 9.17) is 18.9 Å². The van der Waals surface area contributed by atoms with E-state index in [9.17, 15) is 45.6 Å². The second-order valence-electron chi connectivity index (χ2n) is 19.0. The van der Waals surface area contributed by atoms with E-state index in [1.54, 1.807) is 6.08 Å². The van der Waals surface area contributed by atoms with Gasteiger partial charge in [0.15, 0.2) is 12.6 Å². The van der Waals surface area contributed by atoms with Crippen LogP contribution in [0.3, 0.4) is 0 Å². The van der Waals surface area contributed by atoms with E-state index < -0.39 is 86.8 Å². The molecule has 0 bridgehead atoms. The molecule has 1 amide bonds. The monoisotopic (exact) mass is 944 g/mol. The van der Waals surface area contributed by atoms with Crippen molar-refractivity contribution in [3.8, 4) is 0 Å². The number of aliphatic hydroxyl groups excluding tert-OH is 8. The molecule has 0 saturated carbocycles. The van der Waals surface area contributed by atoms with Gasteiger partial charge in [0.1, 0.15) is 48.8 Å². The van der Waals surface area contributed by atoms with Gasteiger partial charge in [0.25, 0.3) is 0 Å². The molecule has 0 aromatic rings. The SMILES string of the molecule is CCCCCCCCCC/C=C\CCCCCCCCCCCC(=O)NC(COC1OC(CO)C(OC2OC(CO)C(O)C(O)C2O)C(O)C1O)C(O)/C=C/CCCCCCCCCCC. The molecule has 14 heteroatoms. The first kappa shape index (κ1) is 60.6. The number of hydrogen-bond donors (Lipinski definition) is 9. The highest BCUT2D eigenvalue weighted by Crippen LogP contribution is 2.30. The van der Waals surface area contributed by atoms with Crippen LogP contribution in [0.5, 0.6) is 0 Å². The summed E-state index contributed by atoms with van der Waals surface area (Å²) in [5.41, 5.74) is 0. The molecule has 2 aliphatic rings. The third kappa shape index (κ3) is 25.9. The molecule has 2 heterocycles. The fourth-order valence-electron chi connectivity index (χ4n) is 8.76. The maximum absolute atomic E-state index is 13.2. The molecule has 2 aliphatic heterocycles. The lowest BCUT2D eigenvalue weighted by molar-refractivity contribution is -0.359. The van der Waals surface area contributed by atoms with Crippen molar-refractivity contribution in [2.75, 3.05) is 19.8 Å². The van der Waals surface area contributed by atoms with Crippen LogP contribution in [0.2, 0.25) is 0 Å². The number of nitrogens with one attached hydrogen (secondary N) is 1. The second kappa shape index (κ2) is 39.2. The number of ether oxygens (including phenoxy) is 4. The number of carbonyl (C=O) groups is 1. The fourth-order valence-corrected chi connectivity index (χ4v) is 8.76. The highest BCUT2D eigenvalue weighted by molar-refractivity contribution is 5.76. The summed E-state index contributed by atoms with van der Waals surface area (Å²) in [7, 11) is 0. The Morgan fingerprint density at radius 1 is 0.530 bits per heavy atom. The lowest BCUT2D eigenvalue weighted by Gasteiger charge is -2.46. The zero-order valence-electron chi connectivity index (χ0n) is 41.2. The third-order valence-electron chi connectivity index (χ3n) is 13.1. The summed E-state index contributed by atoms with van der Waals surface area (Å²) >= 11 is 0. The van der Waals surface area contributed by atoms with E-state index in [1.165, 1.54) is 141 Å². The van der Waals surface area contributed by atoms with Crippen LogP contribution in [0.25, 0.3) is 0 Å². The lowest BCUT2D eigenvalue weighted by atomic mass is 9.97. The van der Waals surface area contributed by atoms with E-state index in [0.717, 1.165) is 38.5 Å². The molecule has 0 aromatic heterocycles. The molecule has 0 spiro atoms. The number of allylic oxidation sites excluding steroid dienone is 3. The highest BCUT2D eigenvalue weighted by Gasteiger charge is 2.51. The molecule has 2 fully saturated rings. The maximum Gasteiger partial charge on any atom is 0.220 e. The zero-order chi connectivity index (χ0) is 48.2. The molecule has 0 aliphatic carbocycles. The Morgan fingerprint density at radius 3 is 1.44 bits per heavy atom. The van der Waals surface area contributed by atoms with Gasteiger partial charge < -0.3 is 65.1 Å². The van der Waals surface area contributed by atoms with Crippen LogP contribution in [-0.4, -0.2) is 140 Å². The number of carbonyl (C=O) groups excluding carboxylic acids is 1. The lowest BCUT2D eigenvalue weighted by Crippen LogP contribution is -2.65. The van der Waals surface area contributed by atoms with E-state index in [0.29, 0.717) is 6.42 Å². The summed E-state index contributed by atoms with van der Waals surface area (Å²) in [6.45, 7) is 2.77. The smallest absolute Gasteiger partial charge is 0.220 e. The fraction of sp³-hybridized carbons (Fsp3) is 0.904. The Balaban J connectivity index is 1.78. The topological polar surface area (TPSA) is 228 Å². The first-order valence-corrected chi connectivity index (χ1v) is 26.6. The van der Waals surface area contributed by atoms with Crippen molar-refractivity contribution in [2.24, 2.45) is 0 Å². The van der Waals surface area contributed by atoms with Gasteiger partial charge in [-0.1, -0.05) is 179 Å². The summed E-state index contributed by atoms with van der Waals surface area (Å²) in [4.78, 5) is 13.2. The van der Waals surface area contributed by atoms with Gasteiger partial charge in [-0.15, -0.1) is 0 Å². The minimum Gasteiger partial charge on any atom is -0.394 e. The van der Waals surface area contributed by atoms with Gasteiger partial charge in [0, 0.05) is 6.42 Å². The van der Waals surface area contributed by atoms with Crippen molar-refractivity contribution in [2.45, 2.75) is 280 Å². The van der Waals surface area contributed by atoms with Gasteiger partial charge >= 0.3 is 0 Å². The molecule has 12 unspecified atom stereocenters. The summed E-state index contributed by atoms with van der Waals surface area (Å²) in [5, 5.41) is 86.7. The molecule has 388 valence electrons. The predicted octanol–water partition coefficient (Wildman–Crippen LogP) is 7.33. The van der Waals surface area contributed by atoms with Crippen molar-refractivity contribution in [3.05, 3.63) is 24.3 Å². The van der Waals surface area contributed by atoms with Gasteiger partial charge in [-0.25, -0.2) is 0 Å². The average molecular weight is 944 g/mol. The van der Waals surface area contributed by atoms with Crippen LogP contribution in [0, 0.1) is 0 Å². The Kier molecular flexibility index (Phi) is 36.0. The van der Waals surface area contributed by atoms with Crippen molar-refractivity contribution in [1.29, 1.82) is 0 Å².